The minimum atomic E-state index is 0.759. The molecule has 0 atom stereocenters. The molecule has 0 saturated heterocycles. The average Bonchev–Trinajstić information content (AvgIpc) is 3.04. The van der Waals surface area contributed by atoms with Crippen LogP contribution in [-0.2, 0) is 6.54 Å². The van der Waals surface area contributed by atoms with Crippen LogP contribution in [0.15, 0.2) is 25.0 Å². The van der Waals surface area contributed by atoms with Crippen molar-refractivity contribution in [2.75, 3.05) is 25.5 Å². The molecule has 0 aliphatic heterocycles. The molecule has 1 heterocycles. The molecule has 1 aliphatic rings. The predicted octanol–water partition coefficient (Wildman–Crippen LogP) is 1.58. The normalized spacial score (nSPS) is 15.4. The molecule has 0 amide bonds. The van der Waals surface area contributed by atoms with Gasteiger partial charge in [0.1, 0.15) is 0 Å². The Labute approximate surface area is 97.0 Å². The van der Waals surface area contributed by atoms with Gasteiger partial charge in [-0.1, -0.05) is 6.08 Å². The van der Waals surface area contributed by atoms with E-state index < -0.39 is 0 Å². The third-order valence-corrected chi connectivity index (χ3v) is 2.98. The Kier molecular flexibility index (Phi) is 3.62. The molecule has 0 bridgehead atoms. The van der Waals surface area contributed by atoms with Gasteiger partial charge in [-0.05, 0) is 19.9 Å². The van der Waals surface area contributed by atoms with Gasteiger partial charge in [0.25, 0.3) is 0 Å². The monoisotopic (exact) mass is 220 g/mol. The molecule has 4 heteroatoms. The van der Waals surface area contributed by atoms with Crippen LogP contribution < -0.4 is 5.32 Å². The van der Waals surface area contributed by atoms with Crippen molar-refractivity contribution < 1.29 is 0 Å². The first-order valence-electron chi connectivity index (χ1n) is 5.87. The average molecular weight is 220 g/mol. The summed E-state index contributed by atoms with van der Waals surface area (Å²) in [5.41, 5.74) is 0. The van der Waals surface area contributed by atoms with E-state index in [9.17, 15) is 0 Å². The zero-order chi connectivity index (χ0) is 11.4. The van der Waals surface area contributed by atoms with E-state index in [4.69, 9.17) is 0 Å². The minimum absolute atomic E-state index is 0.759. The maximum Gasteiger partial charge on any atom is 0.203 e. The lowest BCUT2D eigenvalue weighted by atomic mass is 10.5. The van der Waals surface area contributed by atoms with E-state index in [-0.39, 0.29) is 0 Å². The maximum atomic E-state index is 4.28. The van der Waals surface area contributed by atoms with Crippen LogP contribution in [0.5, 0.6) is 0 Å². The van der Waals surface area contributed by atoms with Crippen LogP contribution in [0.1, 0.15) is 12.8 Å². The molecule has 4 nitrogen and oxygen atoms in total. The first-order valence-corrected chi connectivity index (χ1v) is 5.87. The third kappa shape index (κ3) is 2.85. The molecule has 88 valence electrons. The van der Waals surface area contributed by atoms with Gasteiger partial charge in [-0.15, -0.1) is 6.58 Å². The lowest BCUT2D eigenvalue weighted by molar-refractivity contribution is 0.310. The van der Waals surface area contributed by atoms with Crippen molar-refractivity contribution in [1.82, 2.24) is 14.5 Å². The van der Waals surface area contributed by atoms with Crippen molar-refractivity contribution >= 4 is 5.95 Å². The Bertz CT molecular complexity index is 341. The standard InChI is InChI=1S/C12H20N4/c1-3-6-13-12-14-7-8-16(12)10-9-15(2)11-4-5-11/h3,7-8,11H,1,4-6,9-10H2,2H3,(H,13,14). The summed E-state index contributed by atoms with van der Waals surface area (Å²) in [5.74, 6) is 0.934. The lowest BCUT2D eigenvalue weighted by Gasteiger charge is -2.16. The van der Waals surface area contributed by atoms with Crippen LogP contribution in [0.3, 0.4) is 0 Å². The van der Waals surface area contributed by atoms with Gasteiger partial charge in [-0.3, -0.25) is 0 Å². The van der Waals surface area contributed by atoms with Crippen molar-refractivity contribution in [3.63, 3.8) is 0 Å². The molecule has 1 aromatic heterocycles. The molecule has 0 radical (unpaired) electrons. The second kappa shape index (κ2) is 5.16. The van der Waals surface area contributed by atoms with Gasteiger partial charge in [0.15, 0.2) is 0 Å². The van der Waals surface area contributed by atoms with Crippen molar-refractivity contribution in [3.8, 4) is 0 Å². The van der Waals surface area contributed by atoms with Gasteiger partial charge in [-0.2, -0.15) is 0 Å². The van der Waals surface area contributed by atoms with Crippen LogP contribution in [-0.4, -0.2) is 40.6 Å². The first-order chi connectivity index (χ1) is 7.81. The highest BCUT2D eigenvalue weighted by Gasteiger charge is 2.25. The van der Waals surface area contributed by atoms with Crippen molar-refractivity contribution in [2.45, 2.75) is 25.4 Å². The molecule has 1 saturated carbocycles. The number of hydrogen-bond acceptors (Lipinski definition) is 3. The number of aromatic nitrogens is 2. The summed E-state index contributed by atoms with van der Waals surface area (Å²) < 4.78 is 2.16. The Morgan fingerprint density at radius 1 is 1.69 bits per heavy atom. The van der Waals surface area contributed by atoms with Gasteiger partial charge in [0.05, 0.1) is 0 Å². The molecule has 0 spiro atoms. The fraction of sp³-hybridized carbons (Fsp3) is 0.583. The summed E-state index contributed by atoms with van der Waals surface area (Å²) >= 11 is 0. The van der Waals surface area contributed by atoms with E-state index in [1.165, 1.54) is 12.8 Å². The Balaban J connectivity index is 1.82. The molecular formula is C12H20N4. The molecule has 1 fully saturated rings. The predicted molar refractivity (Wildman–Crippen MR) is 66.6 cm³/mol. The summed E-state index contributed by atoms with van der Waals surface area (Å²) in [7, 11) is 2.20. The van der Waals surface area contributed by atoms with E-state index in [2.05, 4.69) is 33.4 Å². The Morgan fingerprint density at radius 3 is 3.19 bits per heavy atom. The van der Waals surface area contributed by atoms with Gasteiger partial charge in [0.2, 0.25) is 5.95 Å². The smallest absolute Gasteiger partial charge is 0.203 e. The number of nitrogens with zero attached hydrogens (tertiary/aromatic N) is 3. The maximum absolute atomic E-state index is 4.28. The second-order valence-corrected chi connectivity index (χ2v) is 4.33. The van der Waals surface area contributed by atoms with Gasteiger partial charge < -0.3 is 14.8 Å². The third-order valence-electron chi connectivity index (χ3n) is 2.98. The van der Waals surface area contributed by atoms with E-state index >= 15 is 0 Å². The fourth-order valence-electron chi connectivity index (χ4n) is 1.78. The Hall–Kier alpha value is -1.29. The van der Waals surface area contributed by atoms with E-state index in [1.54, 1.807) is 0 Å². The van der Waals surface area contributed by atoms with Crippen LogP contribution in [0.4, 0.5) is 5.95 Å². The van der Waals surface area contributed by atoms with Crippen LogP contribution >= 0.6 is 0 Å². The molecule has 1 N–H and O–H groups in total. The van der Waals surface area contributed by atoms with Crippen molar-refractivity contribution in [3.05, 3.63) is 25.0 Å². The number of hydrogen-bond donors (Lipinski definition) is 1. The first kappa shape index (κ1) is 11.2. The van der Waals surface area contributed by atoms with Gasteiger partial charge >= 0.3 is 0 Å². The highest BCUT2D eigenvalue weighted by atomic mass is 15.2. The summed E-state index contributed by atoms with van der Waals surface area (Å²) in [6.45, 7) is 6.53. The summed E-state index contributed by atoms with van der Waals surface area (Å²) in [5, 5.41) is 3.23. The number of rotatable bonds is 7. The number of nitrogens with one attached hydrogen (secondary N) is 1. The van der Waals surface area contributed by atoms with Crippen LogP contribution in [0.25, 0.3) is 0 Å². The quantitative estimate of drug-likeness (QED) is 0.708. The SMILES string of the molecule is C=CCNc1nccn1CCN(C)C1CC1. The molecular weight excluding hydrogens is 200 g/mol. The zero-order valence-corrected chi connectivity index (χ0v) is 9.89. The van der Waals surface area contributed by atoms with Crippen molar-refractivity contribution in [1.29, 1.82) is 0 Å². The van der Waals surface area contributed by atoms with Crippen LogP contribution in [0, 0.1) is 0 Å². The van der Waals surface area contributed by atoms with E-state index in [0.29, 0.717) is 0 Å². The molecule has 0 unspecified atom stereocenters. The molecule has 1 aliphatic carbocycles. The van der Waals surface area contributed by atoms with E-state index in [0.717, 1.165) is 31.6 Å². The summed E-state index contributed by atoms with van der Waals surface area (Å²) in [6, 6.07) is 0.827. The van der Waals surface area contributed by atoms with E-state index in [1.807, 2.05) is 18.5 Å². The number of imidazole rings is 1. The van der Waals surface area contributed by atoms with Crippen molar-refractivity contribution in [2.24, 2.45) is 0 Å². The molecule has 1 aromatic rings. The molecule has 2 rings (SSSR count). The topological polar surface area (TPSA) is 33.1 Å². The van der Waals surface area contributed by atoms with Gasteiger partial charge in [0, 0.05) is 38.1 Å². The van der Waals surface area contributed by atoms with Gasteiger partial charge in [-0.25, -0.2) is 4.98 Å². The zero-order valence-electron chi connectivity index (χ0n) is 9.89. The highest BCUT2D eigenvalue weighted by molar-refractivity contribution is 5.26. The molecule has 16 heavy (non-hydrogen) atoms. The Morgan fingerprint density at radius 2 is 2.50 bits per heavy atom. The largest absolute Gasteiger partial charge is 0.352 e. The lowest BCUT2D eigenvalue weighted by Crippen LogP contribution is -2.25. The minimum Gasteiger partial charge on any atom is -0.352 e. The summed E-state index contributed by atoms with van der Waals surface area (Å²) in [6.07, 6.45) is 8.42. The van der Waals surface area contributed by atoms with Crippen LogP contribution in [0.2, 0.25) is 0 Å². The number of likely N-dealkylation sites (N-methyl/N-ethyl adjacent to an activating group) is 1. The second-order valence-electron chi connectivity index (χ2n) is 4.33. The fourth-order valence-corrected chi connectivity index (χ4v) is 1.78. The number of anilines is 1. The molecule has 0 aromatic carbocycles. The highest BCUT2D eigenvalue weighted by Crippen LogP contribution is 2.25. The summed E-state index contributed by atoms with van der Waals surface area (Å²) in [4.78, 5) is 6.71.